The van der Waals surface area contributed by atoms with Crippen molar-refractivity contribution >= 4 is 69.4 Å². The molecule has 4 aromatic carbocycles. The van der Waals surface area contributed by atoms with Crippen molar-refractivity contribution in [2.75, 3.05) is 10.2 Å². The first-order valence-corrected chi connectivity index (χ1v) is 13.8. The van der Waals surface area contributed by atoms with Crippen LogP contribution in [0, 0.1) is 6.92 Å². The molecule has 40 heavy (non-hydrogen) atoms. The number of nitrogens with one attached hydrogen (secondary N) is 1. The monoisotopic (exact) mass is 582 g/mol. The average molecular weight is 584 g/mol. The molecule has 0 aliphatic carbocycles. The Morgan fingerprint density at radius 3 is 2.30 bits per heavy atom. The molecule has 0 spiro atoms. The predicted octanol–water partition coefficient (Wildman–Crippen LogP) is 8.94. The van der Waals surface area contributed by atoms with Gasteiger partial charge in [-0.1, -0.05) is 77.3 Å². The number of fused-ring (bicyclic) bond motifs is 4. The Hall–Kier alpha value is -4.10. The maximum atomic E-state index is 6.35. The minimum atomic E-state index is -0.237. The molecule has 0 radical (unpaired) electrons. The highest BCUT2D eigenvalue weighted by atomic mass is 35.5. The van der Waals surface area contributed by atoms with Crippen LogP contribution in [0.1, 0.15) is 22.9 Å². The quantitative estimate of drug-likeness (QED) is 0.231. The molecule has 1 atom stereocenters. The molecule has 6 nitrogen and oxygen atoms in total. The van der Waals surface area contributed by atoms with Crippen LogP contribution >= 0.6 is 34.8 Å². The normalized spacial score (nSPS) is 15.5. The van der Waals surface area contributed by atoms with Gasteiger partial charge in [0.05, 0.1) is 38.8 Å². The Balaban J connectivity index is 1.49. The van der Waals surface area contributed by atoms with E-state index in [2.05, 4.69) is 28.4 Å². The first-order valence-electron chi connectivity index (χ1n) is 12.7. The Labute approximate surface area is 246 Å². The fraction of sp³-hybridized carbons (Fsp3) is 0.0645. The number of hydrogen-bond donors (Lipinski definition) is 1. The summed E-state index contributed by atoms with van der Waals surface area (Å²) in [6.07, 6.45) is 0. The Kier molecular flexibility index (Phi) is 6.12. The van der Waals surface area contributed by atoms with E-state index in [1.165, 1.54) is 0 Å². The van der Waals surface area contributed by atoms with Gasteiger partial charge in [-0.2, -0.15) is 5.10 Å². The van der Waals surface area contributed by atoms with E-state index in [9.17, 15) is 0 Å². The largest absolute Gasteiger partial charge is 0.337 e. The summed E-state index contributed by atoms with van der Waals surface area (Å²) in [6.45, 7) is 2.03. The molecule has 196 valence electrons. The highest BCUT2D eigenvalue weighted by Crippen LogP contribution is 2.48. The highest BCUT2D eigenvalue weighted by Gasteiger charge is 2.41. The first-order chi connectivity index (χ1) is 19.5. The zero-order valence-corrected chi connectivity index (χ0v) is 23.5. The number of aromatic nitrogens is 2. The summed E-state index contributed by atoms with van der Waals surface area (Å²) >= 11 is 18.9. The second-order valence-corrected chi connectivity index (χ2v) is 10.8. The second kappa shape index (κ2) is 9.82. The van der Waals surface area contributed by atoms with Crippen molar-refractivity contribution in [3.63, 3.8) is 0 Å². The molecule has 1 aromatic heterocycles. The van der Waals surface area contributed by atoms with E-state index in [1.54, 1.807) is 12.1 Å². The van der Waals surface area contributed by atoms with Crippen LogP contribution < -0.4 is 10.2 Å². The van der Waals surface area contributed by atoms with Crippen molar-refractivity contribution in [2.24, 2.45) is 9.98 Å². The molecule has 3 heterocycles. The minimum absolute atomic E-state index is 0.237. The van der Waals surface area contributed by atoms with Crippen molar-refractivity contribution in [1.29, 1.82) is 0 Å². The predicted molar refractivity (Wildman–Crippen MR) is 165 cm³/mol. The fourth-order valence-electron chi connectivity index (χ4n) is 5.22. The minimum Gasteiger partial charge on any atom is -0.337 e. The zero-order chi connectivity index (χ0) is 27.4. The third-order valence-corrected chi connectivity index (χ3v) is 8.00. The SMILES string of the molecule is Cc1nn(-c2ccccc2)c2c1[C@@H](c1ccc(Cl)cc1)N1C(=N2)C(Nc2ccc(Cl)c(Cl)c2)=Nc2ccccc21. The Morgan fingerprint density at radius 1 is 0.775 bits per heavy atom. The van der Waals surface area contributed by atoms with Crippen LogP contribution in [-0.4, -0.2) is 21.5 Å². The fourth-order valence-corrected chi connectivity index (χ4v) is 5.64. The third-order valence-electron chi connectivity index (χ3n) is 7.01. The van der Waals surface area contributed by atoms with E-state index in [1.807, 2.05) is 78.3 Å². The van der Waals surface area contributed by atoms with E-state index in [0.717, 1.165) is 45.4 Å². The number of rotatable bonds is 3. The number of aryl methyl sites for hydroxylation is 1. The van der Waals surface area contributed by atoms with E-state index < -0.39 is 0 Å². The summed E-state index contributed by atoms with van der Waals surface area (Å²) in [5.41, 5.74) is 6.39. The Bertz CT molecular complexity index is 1830. The molecule has 0 amide bonds. The number of para-hydroxylation sites is 3. The molecule has 2 aliphatic rings. The Morgan fingerprint density at radius 2 is 1.52 bits per heavy atom. The molecule has 9 heteroatoms. The average Bonchev–Trinajstić information content (AvgIpc) is 3.31. The molecule has 5 aromatic rings. The molecular weight excluding hydrogens is 563 g/mol. The lowest BCUT2D eigenvalue weighted by Gasteiger charge is -2.40. The van der Waals surface area contributed by atoms with Crippen LogP contribution in [0.25, 0.3) is 5.69 Å². The van der Waals surface area contributed by atoms with Gasteiger partial charge >= 0.3 is 0 Å². The van der Waals surface area contributed by atoms with Gasteiger partial charge in [-0.3, -0.25) is 0 Å². The first kappa shape index (κ1) is 24.9. The van der Waals surface area contributed by atoms with Crippen molar-refractivity contribution in [2.45, 2.75) is 13.0 Å². The van der Waals surface area contributed by atoms with Crippen LogP contribution in [0.3, 0.4) is 0 Å². The standard InChI is InChI=1S/C31H21Cl3N6/c1-18-27-28(19-11-13-20(32)14-12-19)39-26-10-6-5-9-25(26)36-29(35-21-15-16-23(33)24(34)17-21)31(39)37-30(27)40(38-18)22-7-3-2-4-8-22/h2-17,28H,1H3,(H,35,36)/t28-/m1/s1. The van der Waals surface area contributed by atoms with Crippen molar-refractivity contribution < 1.29 is 0 Å². The van der Waals surface area contributed by atoms with Gasteiger partial charge in [0.2, 0.25) is 0 Å². The summed E-state index contributed by atoms with van der Waals surface area (Å²) in [5, 5.41) is 10.0. The molecule has 0 saturated heterocycles. The van der Waals surface area contributed by atoms with E-state index >= 15 is 0 Å². The topological polar surface area (TPSA) is 57.8 Å². The van der Waals surface area contributed by atoms with Crippen LogP contribution in [0.2, 0.25) is 15.1 Å². The van der Waals surface area contributed by atoms with Crippen molar-refractivity contribution in [1.82, 2.24) is 9.78 Å². The number of halogens is 3. The zero-order valence-electron chi connectivity index (χ0n) is 21.2. The second-order valence-electron chi connectivity index (χ2n) is 9.53. The maximum absolute atomic E-state index is 6.35. The summed E-state index contributed by atoms with van der Waals surface area (Å²) in [4.78, 5) is 12.5. The molecular formula is C31H21Cl3N6. The van der Waals surface area contributed by atoms with Gasteiger partial charge in [0.1, 0.15) is 0 Å². The molecule has 7 rings (SSSR count). The van der Waals surface area contributed by atoms with Gasteiger partial charge in [-0.05, 0) is 67.1 Å². The lowest BCUT2D eigenvalue weighted by atomic mass is 9.93. The molecule has 2 aliphatic heterocycles. The lowest BCUT2D eigenvalue weighted by Crippen LogP contribution is -2.46. The summed E-state index contributed by atoms with van der Waals surface area (Å²) in [5.74, 6) is 1.99. The third kappa shape index (κ3) is 4.16. The van der Waals surface area contributed by atoms with Gasteiger partial charge in [0.25, 0.3) is 0 Å². The number of anilines is 2. The maximum Gasteiger partial charge on any atom is 0.179 e. The van der Waals surface area contributed by atoms with E-state index in [-0.39, 0.29) is 6.04 Å². The summed E-state index contributed by atoms with van der Waals surface area (Å²) in [6, 6.07) is 31.2. The molecule has 0 fully saturated rings. The number of nitrogens with zero attached hydrogens (tertiary/aromatic N) is 5. The molecule has 0 unspecified atom stereocenters. The van der Waals surface area contributed by atoms with E-state index in [0.29, 0.717) is 26.7 Å². The number of amidine groups is 2. The number of aliphatic imine (C=N–C) groups is 2. The van der Waals surface area contributed by atoms with Gasteiger partial charge in [-0.25, -0.2) is 14.7 Å². The van der Waals surface area contributed by atoms with Gasteiger partial charge < -0.3 is 10.2 Å². The van der Waals surface area contributed by atoms with Crippen LogP contribution in [0.4, 0.5) is 22.9 Å². The smallest absolute Gasteiger partial charge is 0.179 e. The summed E-state index contributed by atoms with van der Waals surface area (Å²) < 4.78 is 1.90. The molecule has 1 N–H and O–H groups in total. The lowest BCUT2D eigenvalue weighted by molar-refractivity contribution is 0.815. The van der Waals surface area contributed by atoms with Gasteiger partial charge in [-0.15, -0.1) is 0 Å². The van der Waals surface area contributed by atoms with Crippen LogP contribution in [0.5, 0.6) is 0 Å². The molecule has 0 saturated carbocycles. The number of hydrogen-bond acceptors (Lipinski definition) is 5. The van der Waals surface area contributed by atoms with Crippen molar-refractivity contribution in [3.05, 3.63) is 129 Å². The summed E-state index contributed by atoms with van der Waals surface area (Å²) in [7, 11) is 0. The van der Waals surface area contributed by atoms with Gasteiger partial charge in [0.15, 0.2) is 17.5 Å². The van der Waals surface area contributed by atoms with Gasteiger partial charge in [0, 0.05) is 16.3 Å². The molecule has 0 bridgehead atoms. The van der Waals surface area contributed by atoms with Crippen molar-refractivity contribution in [3.8, 4) is 5.69 Å². The van der Waals surface area contributed by atoms with Crippen LogP contribution in [0.15, 0.2) is 107 Å². The van der Waals surface area contributed by atoms with Crippen LogP contribution in [-0.2, 0) is 0 Å². The highest BCUT2D eigenvalue weighted by molar-refractivity contribution is 6.52. The van der Waals surface area contributed by atoms with E-state index in [4.69, 9.17) is 49.9 Å². The number of benzene rings is 4.